The van der Waals surface area contributed by atoms with Crippen molar-refractivity contribution in [2.75, 3.05) is 19.6 Å². The van der Waals surface area contributed by atoms with Gasteiger partial charge >= 0.3 is 16.2 Å². The minimum absolute atomic E-state index is 0.0956. The van der Waals surface area contributed by atoms with E-state index >= 15 is 0 Å². The molecule has 37 heavy (non-hydrogen) atoms. The number of benzene rings is 2. The molecule has 1 heterocycles. The van der Waals surface area contributed by atoms with Crippen LogP contribution in [0.15, 0.2) is 48.5 Å². The number of halogens is 1. The Morgan fingerprint density at radius 1 is 1.14 bits per heavy atom. The van der Waals surface area contributed by atoms with Gasteiger partial charge in [0.2, 0.25) is 11.8 Å². The first-order valence-electron chi connectivity index (χ1n) is 11.5. The van der Waals surface area contributed by atoms with Gasteiger partial charge in [0.15, 0.2) is 0 Å². The summed E-state index contributed by atoms with van der Waals surface area (Å²) in [6, 6.07) is 10.8. The molecule has 198 valence electrons. The highest BCUT2D eigenvalue weighted by atomic mass is 35.5. The van der Waals surface area contributed by atoms with E-state index in [2.05, 4.69) is 5.32 Å². The van der Waals surface area contributed by atoms with E-state index in [1.165, 1.54) is 24.3 Å². The normalized spacial score (nSPS) is 15.6. The number of carboxylic acids is 1. The van der Waals surface area contributed by atoms with Crippen molar-refractivity contribution in [1.29, 1.82) is 0 Å². The first-order valence-corrected chi connectivity index (χ1v) is 13.3. The van der Waals surface area contributed by atoms with Crippen molar-refractivity contribution >= 4 is 45.5 Å². The molecule has 0 radical (unpaired) electrons. The maximum absolute atomic E-state index is 13.5. The third-order valence-electron chi connectivity index (χ3n) is 5.60. The van der Waals surface area contributed by atoms with E-state index in [0.717, 1.165) is 15.6 Å². The number of carbonyl (C=O) groups is 4. The number of hydrogen-bond acceptors (Lipinski definition) is 6. The Kier molecular flexibility index (Phi) is 9.24. The van der Waals surface area contributed by atoms with E-state index in [0.29, 0.717) is 29.1 Å². The highest BCUT2D eigenvalue weighted by Gasteiger charge is 2.35. The van der Waals surface area contributed by atoms with Crippen LogP contribution in [0.4, 0.5) is 0 Å². The van der Waals surface area contributed by atoms with Gasteiger partial charge in [0.25, 0.3) is 5.91 Å². The van der Waals surface area contributed by atoms with E-state index in [1.807, 2.05) is 11.6 Å². The largest absolute Gasteiger partial charge is 0.480 e. The van der Waals surface area contributed by atoms with E-state index in [-0.39, 0.29) is 18.7 Å². The summed E-state index contributed by atoms with van der Waals surface area (Å²) in [6.45, 7) is 1.17. The zero-order valence-corrected chi connectivity index (χ0v) is 21.6. The lowest BCUT2D eigenvalue weighted by molar-refractivity contribution is -0.139. The quantitative estimate of drug-likeness (QED) is 0.360. The van der Waals surface area contributed by atoms with Gasteiger partial charge in [-0.15, -0.1) is 0 Å². The fourth-order valence-electron chi connectivity index (χ4n) is 3.78. The molecule has 0 spiro atoms. The smallest absolute Gasteiger partial charge is 0.323 e. The van der Waals surface area contributed by atoms with Gasteiger partial charge in [0, 0.05) is 23.7 Å². The number of nitrogens with one attached hydrogen (secondary N) is 2. The summed E-state index contributed by atoms with van der Waals surface area (Å²) in [6.07, 6.45) is 1.54. The van der Waals surface area contributed by atoms with E-state index in [9.17, 15) is 32.7 Å². The molecule has 2 aromatic rings. The molecule has 3 rings (SSSR count). The highest BCUT2D eigenvalue weighted by molar-refractivity contribution is 7.88. The Bertz CT molecular complexity index is 1270. The standard InChI is InChI=1S/C24H27ClN4O7S/c1-2-3-12-26-23(33)22(17-8-10-19(25)11-9-17)29(15-21(31)32)24(34)18-6-4-16(5-7-18)13-28-14-20(30)27-37(28,35)36/h4-11,22H,2-3,12-15H2,1H3,(H,26,33)(H,27,30)(H,31,32). The Hall–Kier alpha value is -3.48. The van der Waals surface area contributed by atoms with Crippen LogP contribution in [0.5, 0.6) is 0 Å². The molecular formula is C24H27ClN4O7S. The van der Waals surface area contributed by atoms with Crippen molar-refractivity contribution in [1.82, 2.24) is 19.2 Å². The summed E-state index contributed by atoms with van der Waals surface area (Å²) in [4.78, 5) is 50.8. The number of hydrogen-bond donors (Lipinski definition) is 3. The minimum atomic E-state index is -3.91. The van der Waals surface area contributed by atoms with E-state index in [4.69, 9.17) is 11.6 Å². The summed E-state index contributed by atoms with van der Waals surface area (Å²) in [5.41, 5.74) is 0.998. The lowest BCUT2D eigenvalue weighted by Crippen LogP contribution is -2.46. The summed E-state index contributed by atoms with van der Waals surface area (Å²) < 4.78 is 26.8. The van der Waals surface area contributed by atoms with Crippen molar-refractivity contribution in [2.45, 2.75) is 32.4 Å². The monoisotopic (exact) mass is 550 g/mol. The van der Waals surface area contributed by atoms with Crippen LogP contribution in [0.2, 0.25) is 5.02 Å². The van der Waals surface area contributed by atoms with Crippen LogP contribution < -0.4 is 10.0 Å². The average molecular weight is 551 g/mol. The third-order valence-corrected chi connectivity index (χ3v) is 7.28. The summed E-state index contributed by atoms with van der Waals surface area (Å²) in [5.74, 6) is -3.17. The van der Waals surface area contributed by atoms with Gasteiger partial charge in [-0.05, 0) is 41.8 Å². The second-order valence-electron chi connectivity index (χ2n) is 8.42. The second kappa shape index (κ2) is 12.2. The van der Waals surface area contributed by atoms with Crippen LogP contribution in [0, 0.1) is 0 Å². The van der Waals surface area contributed by atoms with Crippen molar-refractivity contribution in [3.8, 4) is 0 Å². The lowest BCUT2D eigenvalue weighted by Gasteiger charge is -2.30. The molecular weight excluding hydrogens is 524 g/mol. The van der Waals surface area contributed by atoms with Crippen LogP contribution in [-0.2, 0) is 31.1 Å². The fraction of sp³-hybridized carbons (Fsp3) is 0.333. The molecule has 3 N–H and O–H groups in total. The van der Waals surface area contributed by atoms with Gasteiger partial charge in [-0.25, -0.2) is 4.72 Å². The van der Waals surface area contributed by atoms with Gasteiger partial charge < -0.3 is 15.3 Å². The van der Waals surface area contributed by atoms with Crippen LogP contribution >= 0.6 is 11.6 Å². The number of nitrogens with zero attached hydrogens (tertiary/aromatic N) is 2. The Morgan fingerprint density at radius 3 is 2.32 bits per heavy atom. The minimum Gasteiger partial charge on any atom is -0.480 e. The zero-order chi connectivity index (χ0) is 27.2. The predicted molar refractivity (Wildman–Crippen MR) is 135 cm³/mol. The Labute approximate surface area is 219 Å². The maximum Gasteiger partial charge on any atom is 0.323 e. The average Bonchev–Trinajstić information content (AvgIpc) is 3.10. The van der Waals surface area contributed by atoms with Gasteiger partial charge in [0.05, 0.1) is 6.54 Å². The van der Waals surface area contributed by atoms with Crippen LogP contribution in [-0.4, -0.2) is 66.1 Å². The van der Waals surface area contributed by atoms with Gasteiger partial charge in [-0.1, -0.05) is 49.2 Å². The van der Waals surface area contributed by atoms with E-state index < -0.39 is 46.5 Å². The molecule has 13 heteroatoms. The van der Waals surface area contributed by atoms with Crippen LogP contribution in [0.25, 0.3) is 0 Å². The van der Waals surface area contributed by atoms with Gasteiger partial charge in [-0.3, -0.25) is 19.2 Å². The second-order valence-corrected chi connectivity index (χ2v) is 10.5. The number of aliphatic carboxylic acids is 1. The third kappa shape index (κ3) is 7.28. The molecule has 1 saturated heterocycles. The van der Waals surface area contributed by atoms with Crippen LogP contribution in [0.1, 0.15) is 47.3 Å². The van der Waals surface area contributed by atoms with Crippen molar-refractivity contribution in [3.63, 3.8) is 0 Å². The molecule has 1 aliphatic rings. The number of carboxylic acid groups (broad SMARTS) is 1. The summed E-state index contributed by atoms with van der Waals surface area (Å²) in [7, 11) is -3.91. The number of unbranched alkanes of at least 4 members (excludes halogenated alkanes) is 1. The molecule has 11 nitrogen and oxygen atoms in total. The van der Waals surface area contributed by atoms with E-state index in [1.54, 1.807) is 24.3 Å². The van der Waals surface area contributed by atoms with Gasteiger partial charge in [-0.2, -0.15) is 12.7 Å². The summed E-state index contributed by atoms with van der Waals surface area (Å²) >= 11 is 5.98. The predicted octanol–water partition coefficient (Wildman–Crippen LogP) is 1.70. The molecule has 2 aromatic carbocycles. The molecule has 1 unspecified atom stereocenters. The lowest BCUT2D eigenvalue weighted by atomic mass is 10.0. The van der Waals surface area contributed by atoms with Crippen molar-refractivity contribution in [3.05, 3.63) is 70.2 Å². The van der Waals surface area contributed by atoms with Crippen LogP contribution in [0.3, 0.4) is 0 Å². The van der Waals surface area contributed by atoms with Crippen molar-refractivity contribution in [2.24, 2.45) is 0 Å². The van der Waals surface area contributed by atoms with Gasteiger partial charge in [0.1, 0.15) is 12.6 Å². The summed E-state index contributed by atoms with van der Waals surface area (Å²) in [5, 5.41) is 12.7. The molecule has 1 aliphatic heterocycles. The highest BCUT2D eigenvalue weighted by Crippen LogP contribution is 2.25. The maximum atomic E-state index is 13.5. The molecule has 1 fully saturated rings. The Morgan fingerprint density at radius 2 is 1.78 bits per heavy atom. The number of rotatable bonds is 11. The first kappa shape index (κ1) is 28.1. The SMILES string of the molecule is CCCCNC(=O)C(c1ccc(Cl)cc1)N(CC(=O)O)C(=O)c1ccc(CN2CC(=O)NS2(=O)=O)cc1. The molecule has 0 bridgehead atoms. The fourth-order valence-corrected chi connectivity index (χ4v) is 4.99. The Balaban J connectivity index is 1.89. The molecule has 1 atom stereocenters. The molecule has 0 aliphatic carbocycles. The first-order chi connectivity index (χ1) is 17.5. The zero-order valence-electron chi connectivity index (χ0n) is 20.0. The number of carbonyl (C=O) groups excluding carboxylic acids is 3. The topological polar surface area (TPSA) is 153 Å². The molecule has 0 aromatic heterocycles. The number of amides is 3. The molecule has 0 saturated carbocycles. The van der Waals surface area contributed by atoms with Crippen molar-refractivity contribution < 1.29 is 32.7 Å². The molecule has 3 amide bonds.